The van der Waals surface area contributed by atoms with Crippen molar-refractivity contribution >= 4 is 10.2 Å². The number of nitrogens with two attached hydrogens (primary N) is 1. The van der Waals surface area contributed by atoms with Crippen LogP contribution in [-0.4, -0.2) is 31.9 Å². The van der Waals surface area contributed by atoms with Gasteiger partial charge in [-0.2, -0.15) is 17.4 Å². The summed E-state index contributed by atoms with van der Waals surface area (Å²) in [5, 5.41) is 0. The molecule has 0 spiro atoms. The van der Waals surface area contributed by atoms with Crippen LogP contribution in [0.4, 0.5) is 0 Å². The molecule has 1 aliphatic rings. The molecule has 0 saturated carbocycles. The van der Waals surface area contributed by atoms with Gasteiger partial charge in [0.25, 0.3) is 10.2 Å². The Kier molecular flexibility index (Phi) is 5.75. The lowest BCUT2D eigenvalue weighted by Gasteiger charge is -2.32. The molecule has 1 aromatic carbocycles. The highest BCUT2D eigenvalue weighted by Gasteiger charge is 2.28. The summed E-state index contributed by atoms with van der Waals surface area (Å²) in [7, 11) is -3.39. The minimum Gasteiger partial charge on any atom is -0.330 e. The maximum Gasteiger partial charge on any atom is 0.279 e. The Morgan fingerprint density at radius 3 is 2.52 bits per heavy atom. The molecule has 6 heteroatoms. The van der Waals surface area contributed by atoms with Gasteiger partial charge in [-0.1, -0.05) is 30.7 Å². The maximum atomic E-state index is 12.3. The van der Waals surface area contributed by atoms with E-state index in [1.54, 1.807) is 4.31 Å². The number of nitrogens with zero attached hydrogens (tertiary/aromatic N) is 1. The first-order chi connectivity index (χ1) is 10.0. The third kappa shape index (κ3) is 4.51. The molecule has 21 heavy (non-hydrogen) atoms. The second kappa shape index (κ2) is 7.35. The Bertz CT molecular complexity index is 543. The van der Waals surface area contributed by atoms with Crippen LogP contribution in [0.2, 0.25) is 0 Å². The summed E-state index contributed by atoms with van der Waals surface area (Å²) in [6.07, 6.45) is 3.83. The first-order valence-corrected chi connectivity index (χ1v) is 9.01. The molecule has 118 valence electrons. The van der Waals surface area contributed by atoms with Crippen molar-refractivity contribution in [2.75, 3.05) is 13.1 Å². The molecule has 1 heterocycles. The summed E-state index contributed by atoms with van der Waals surface area (Å²) in [6.45, 7) is 3.54. The standard InChI is InChI=1S/C15H25N3O2S/c1-13-4-2-3-11-18(13)21(19,20)17-12-15-7-5-14(6-8-15)9-10-16/h5-8,13,17H,2-4,9-12,16H2,1H3. The quantitative estimate of drug-likeness (QED) is 0.834. The maximum absolute atomic E-state index is 12.3. The third-order valence-electron chi connectivity index (χ3n) is 3.97. The molecule has 3 N–H and O–H groups in total. The summed E-state index contributed by atoms with van der Waals surface area (Å²) in [4.78, 5) is 0. The van der Waals surface area contributed by atoms with Crippen LogP contribution in [0, 0.1) is 0 Å². The van der Waals surface area contributed by atoms with Gasteiger partial charge >= 0.3 is 0 Å². The first-order valence-electron chi connectivity index (χ1n) is 7.57. The Labute approximate surface area is 127 Å². The van der Waals surface area contributed by atoms with Crippen LogP contribution in [0.3, 0.4) is 0 Å². The van der Waals surface area contributed by atoms with Crippen molar-refractivity contribution in [3.63, 3.8) is 0 Å². The number of piperidine rings is 1. The van der Waals surface area contributed by atoms with E-state index in [-0.39, 0.29) is 6.04 Å². The minimum absolute atomic E-state index is 0.0863. The zero-order chi connectivity index (χ0) is 15.3. The number of hydrogen-bond donors (Lipinski definition) is 2. The van der Waals surface area contributed by atoms with Gasteiger partial charge in [0.2, 0.25) is 0 Å². The van der Waals surface area contributed by atoms with Crippen LogP contribution < -0.4 is 10.5 Å². The zero-order valence-corrected chi connectivity index (χ0v) is 13.4. The van der Waals surface area contributed by atoms with Gasteiger partial charge in [-0.15, -0.1) is 0 Å². The van der Waals surface area contributed by atoms with Crippen LogP contribution in [-0.2, 0) is 23.2 Å². The fourth-order valence-electron chi connectivity index (χ4n) is 2.68. The van der Waals surface area contributed by atoms with Crippen LogP contribution >= 0.6 is 0 Å². The summed E-state index contributed by atoms with van der Waals surface area (Å²) in [5.41, 5.74) is 7.65. The molecule has 0 amide bonds. The molecule has 5 nitrogen and oxygen atoms in total. The van der Waals surface area contributed by atoms with Crippen molar-refractivity contribution in [3.8, 4) is 0 Å². The second-order valence-corrected chi connectivity index (χ2v) is 7.34. The summed E-state index contributed by atoms with van der Waals surface area (Å²) < 4.78 is 29.0. The average molecular weight is 311 g/mol. The normalized spacial score (nSPS) is 20.6. The number of nitrogens with one attached hydrogen (secondary N) is 1. The van der Waals surface area contributed by atoms with Gasteiger partial charge in [0.15, 0.2) is 0 Å². The van der Waals surface area contributed by atoms with Gasteiger partial charge in [-0.3, -0.25) is 0 Å². The lowest BCUT2D eigenvalue weighted by molar-refractivity contribution is 0.265. The minimum atomic E-state index is -3.39. The average Bonchev–Trinajstić information content (AvgIpc) is 2.47. The van der Waals surface area contributed by atoms with E-state index in [1.807, 2.05) is 31.2 Å². The van der Waals surface area contributed by atoms with Gasteiger partial charge in [0, 0.05) is 19.1 Å². The third-order valence-corrected chi connectivity index (χ3v) is 5.63. The van der Waals surface area contributed by atoms with Gasteiger partial charge in [0.05, 0.1) is 0 Å². The van der Waals surface area contributed by atoms with Crippen molar-refractivity contribution in [2.24, 2.45) is 5.73 Å². The van der Waals surface area contributed by atoms with Crippen molar-refractivity contribution in [1.29, 1.82) is 0 Å². The molecule has 1 saturated heterocycles. The van der Waals surface area contributed by atoms with E-state index in [4.69, 9.17) is 5.73 Å². The Morgan fingerprint density at radius 1 is 1.24 bits per heavy atom. The van der Waals surface area contributed by atoms with Crippen molar-refractivity contribution in [2.45, 2.75) is 45.2 Å². The van der Waals surface area contributed by atoms with E-state index >= 15 is 0 Å². The second-order valence-electron chi connectivity index (χ2n) is 5.64. The molecule has 1 aliphatic heterocycles. The van der Waals surface area contributed by atoms with Gasteiger partial charge in [-0.05, 0) is 43.9 Å². The lowest BCUT2D eigenvalue weighted by atomic mass is 10.1. The SMILES string of the molecule is CC1CCCCN1S(=O)(=O)NCc1ccc(CCN)cc1. The molecular weight excluding hydrogens is 286 g/mol. The molecule has 2 rings (SSSR count). The van der Waals surface area contributed by atoms with Crippen LogP contribution in [0.25, 0.3) is 0 Å². The van der Waals surface area contributed by atoms with Crippen LogP contribution in [0.15, 0.2) is 24.3 Å². The molecule has 1 fully saturated rings. The summed E-state index contributed by atoms with van der Waals surface area (Å²) in [6, 6.07) is 7.99. The van der Waals surface area contributed by atoms with Crippen molar-refractivity contribution in [3.05, 3.63) is 35.4 Å². The van der Waals surface area contributed by atoms with E-state index in [2.05, 4.69) is 4.72 Å². The highest BCUT2D eigenvalue weighted by atomic mass is 32.2. The van der Waals surface area contributed by atoms with Crippen LogP contribution in [0.5, 0.6) is 0 Å². The lowest BCUT2D eigenvalue weighted by Crippen LogP contribution is -2.47. The Morgan fingerprint density at radius 2 is 1.90 bits per heavy atom. The molecular formula is C15H25N3O2S. The highest BCUT2D eigenvalue weighted by Crippen LogP contribution is 2.19. The first kappa shape index (κ1) is 16.4. The fourth-order valence-corrected chi connectivity index (χ4v) is 4.14. The number of hydrogen-bond acceptors (Lipinski definition) is 3. The number of benzene rings is 1. The summed E-state index contributed by atoms with van der Waals surface area (Å²) >= 11 is 0. The summed E-state index contributed by atoms with van der Waals surface area (Å²) in [5.74, 6) is 0. The monoisotopic (exact) mass is 311 g/mol. The molecule has 1 aromatic rings. The van der Waals surface area contributed by atoms with E-state index in [0.29, 0.717) is 19.6 Å². The molecule has 0 aromatic heterocycles. The van der Waals surface area contributed by atoms with Gasteiger partial charge in [0.1, 0.15) is 0 Å². The predicted molar refractivity (Wildman–Crippen MR) is 85.0 cm³/mol. The highest BCUT2D eigenvalue weighted by molar-refractivity contribution is 7.87. The van der Waals surface area contributed by atoms with Crippen LogP contribution in [0.1, 0.15) is 37.3 Å². The van der Waals surface area contributed by atoms with E-state index in [0.717, 1.165) is 31.2 Å². The zero-order valence-electron chi connectivity index (χ0n) is 12.6. The molecule has 0 aliphatic carbocycles. The molecule has 0 radical (unpaired) electrons. The molecule has 1 atom stereocenters. The van der Waals surface area contributed by atoms with E-state index in [1.165, 1.54) is 5.56 Å². The molecule has 1 unspecified atom stereocenters. The molecule has 0 bridgehead atoms. The smallest absolute Gasteiger partial charge is 0.279 e. The largest absolute Gasteiger partial charge is 0.330 e. The van der Waals surface area contributed by atoms with E-state index < -0.39 is 10.2 Å². The van der Waals surface area contributed by atoms with Crippen molar-refractivity contribution in [1.82, 2.24) is 9.03 Å². The van der Waals surface area contributed by atoms with Gasteiger partial charge in [-0.25, -0.2) is 0 Å². The Balaban J connectivity index is 1.94. The Hall–Kier alpha value is -0.950. The fraction of sp³-hybridized carbons (Fsp3) is 0.600. The number of rotatable bonds is 6. The van der Waals surface area contributed by atoms with Crippen molar-refractivity contribution < 1.29 is 8.42 Å². The topological polar surface area (TPSA) is 75.4 Å². The van der Waals surface area contributed by atoms with E-state index in [9.17, 15) is 8.42 Å². The predicted octanol–water partition coefficient (Wildman–Crippen LogP) is 1.40. The van der Waals surface area contributed by atoms with Gasteiger partial charge < -0.3 is 5.73 Å².